The number of nitrogens with zero attached hydrogens (tertiary/aromatic N) is 3. The molecule has 0 aliphatic rings. The van der Waals surface area contributed by atoms with Gasteiger partial charge in [0.2, 0.25) is 5.95 Å². The average Bonchev–Trinajstić information content (AvgIpc) is 3.28. The summed E-state index contributed by atoms with van der Waals surface area (Å²) >= 11 is 0. The highest BCUT2D eigenvalue weighted by Gasteiger charge is 2.08. The molecular formula is C32H54N4O2. The van der Waals surface area contributed by atoms with E-state index >= 15 is 0 Å². The van der Waals surface area contributed by atoms with Gasteiger partial charge in [0, 0.05) is 37.8 Å². The minimum atomic E-state index is 0.680. The number of benzene rings is 2. The Kier molecular flexibility index (Phi) is 21.6. The fourth-order valence-electron chi connectivity index (χ4n) is 3.69. The van der Waals surface area contributed by atoms with E-state index in [-0.39, 0.29) is 0 Å². The number of anilines is 1. The zero-order chi connectivity index (χ0) is 29.7. The molecule has 3 aromatic rings. The van der Waals surface area contributed by atoms with Crippen LogP contribution in [0.2, 0.25) is 0 Å². The first-order valence-corrected chi connectivity index (χ1v) is 14.0. The Morgan fingerprint density at radius 1 is 0.868 bits per heavy atom. The molecule has 1 aromatic heterocycles. The molecule has 0 bridgehead atoms. The molecule has 0 saturated heterocycles. The molecule has 0 unspecified atom stereocenters. The Balaban J connectivity index is 0. The van der Waals surface area contributed by atoms with E-state index < -0.39 is 0 Å². The summed E-state index contributed by atoms with van der Waals surface area (Å²) in [6.45, 7) is 24.4. The van der Waals surface area contributed by atoms with E-state index in [1.54, 1.807) is 6.07 Å². The van der Waals surface area contributed by atoms with Crippen LogP contribution in [-0.2, 0) is 6.54 Å². The minimum Gasteiger partial charge on any atom is -0.359 e. The van der Waals surface area contributed by atoms with Gasteiger partial charge in [-0.3, -0.25) is 9.59 Å². The number of imidazole rings is 1. The molecular weight excluding hydrogens is 472 g/mol. The van der Waals surface area contributed by atoms with Gasteiger partial charge in [-0.05, 0) is 50.9 Å². The van der Waals surface area contributed by atoms with Crippen molar-refractivity contribution in [2.24, 2.45) is 11.8 Å². The zero-order valence-electron chi connectivity index (χ0n) is 26.1. The first-order valence-electron chi connectivity index (χ1n) is 14.0. The molecule has 0 amide bonds. The maximum absolute atomic E-state index is 10.7. The lowest BCUT2D eigenvalue weighted by atomic mass is 10.1. The van der Waals surface area contributed by atoms with Crippen molar-refractivity contribution in [1.29, 1.82) is 0 Å². The van der Waals surface area contributed by atoms with E-state index in [9.17, 15) is 9.59 Å². The summed E-state index contributed by atoms with van der Waals surface area (Å²) in [6, 6.07) is 13.0. The van der Waals surface area contributed by atoms with Crippen molar-refractivity contribution >= 4 is 29.6 Å². The molecule has 38 heavy (non-hydrogen) atoms. The fourth-order valence-corrected chi connectivity index (χ4v) is 3.69. The number of rotatable bonds is 8. The maximum Gasteiger partial charge on any atom is 0.203 e. The Morgan fingerprint density at radius 3 is 1.74 bits per heavy atom. The lowest BCUT2D eigenvalue weighted by Crippen LogP contribution is -2.27. The normalized spacial score (nSPS) is 9.76. The van der Waals surface area contributed by atoms with E-state index in [4.69, 9.17) is 0 Å². The second-order valence-corrected chi connectivity index (χ2v) is 9.33. The van der Waals surface area contributed by atoms with Crippen LogP contribution in [-0.4, -0.2) is 54.2 Å². The van der Waals surface area contributed by atoms with Gasteiger partial charge in [-0.25, -0.2) is 4.98 Å². The largest absolute Gasteiger partial charge is 0.359 e. The van der Waals surface area contributed by atoms with E-state index in [2.05, 4.69) is 56.9 Å². The molecule has 0 aliphatic heterocycles. The Morgan fingerprint density at radius 2 is 1.34 bits per heavy atom. The highest BCUT2D eigenvalue weighted by atomic mass is 16.1. The van der Waals surface area contributed by atoms with Crippen molar-refractivity contribution < 1.29 is 9.59 Å². The topological polar surface area (TPSA) is 67.2 Å². The number of hydrogen-bond donors (Lipinski definition) is 1. The van der Waals surface area contributed by atoms with Gasteiger partial charge >= 0.3 is 0 Å². The molecule has 0 spiro atoms. The van der Waals surface area contributed by atoms with E-state index in [1.165, 1.54) is 18.7 Å². The molecule has 0 atom stereocenters. The number of carbonyl (C=O) groups is 2. The predicted octanol–water partition coefficient (Wildman–Crippen LogP) is 8.00. The first-order chi connectivity index (χ1) is 18.1. The number of nitrogens with one attached hydrogen (secondary N) is 1. The minimum absolute atomic E-state index is 0.680. The van der Waals surface area contributed by atoms with E-state index in [0.717, 1.165) is 53.5 Å². The van der Waals surface area contributed by atoms with Crippen LogP contribution in [0.3, 0.4) is 0 Å². The van der Waals surface area contributed by atoms with Gasteiger partial charge in [-0.15, -0.1) is 0 Å². The van der Waals surface area contributed by atoms with Crippen molar-refractivity contribution in [2.75, 3.05) is 32.5 Å². The Hall–Kier alpha value is -2.99. The van der Waals surface area contributed by atoms with Crippen LogP contribution in [0, 0.1) is 18.8 Å². The van der Waals surface area contributed by atoms with Crippen molar-refractivity contribution in [3.05, 3.63) is 59.2 Å². The third-order valence-electron chi connectivity index (χ3n) is 5.02. The second kappa shape index (κ2) is 22.0. The molecule has 6 nitrogen and oxygen atoms in total. The third-order valence-corrected chi connectivity index (χ3v) is 5.02. The molecule has 214 valence electrons. The highest BCUT2D eigenvalue weighted by molar-refractivity contribution is 5.86. The van der Waals surface area contributed by atoms with E-state index in [0.29, 0.717) is 5.56 Å². The van der Waals surface area contributed by atoms with Gasteiger partial charge in [0.1, 0.15) is 12.6 Å². The number of aromatic nitrogens is 2. The number of fused-ring (bicyclic) bond motifs is 1. The molecule has 0 aliphatic carbocycles. The van der Waals surface area contributed by atoms with Crippen LogP contribution >= 0.6 is 0 Å². The third kappa shape index (κ3) is 14.7. The van der Waals surface area contributed by atoms with Gasteiger partial charge in [-0.1, -0.05) is 85.2 Å². The van der Waals surface area contributed by atoms with Crippen LogP contribution in [0.15, 0.2) is 42.5 Å². The monoisotopic (exact) mass is 526 g/mol. The predicted molar refractivity (Wildman–Crippen MR) is 167 cm³/mol. The molecule has 6 heteroatoms. The molecule has 3 rings (SSSR count). The highest BCUT2D eigenvalue weighted by Crippen LogP contribution is 2.20. The maximum atomic E-state index is 10.7. The molecule has 1 N–H and O–H groups in total. The summed E-state index contributed by atoms with van der Waals surface area (Å²) in [7, 11) is 4.04. The number of hydrogen-bond acceptors (Lipinski definition) is 5. The number of carbonyl (C=O) groups excluding carboxylic acids is 2. The van der Waals surface area contributed by atoms with Crippen LogP contribution in [0.1, 0.15) is 88.6 Å². The lowest BCUT2D eigenvalue weighted by Gasteiger charge is -2.20. The summed E-state index contributed by atoms with van der Waals surface area (Å²) < 4.78 is 2.04. The van der Waals surface area contributed by atoms with Gasteiger partial charge in [0.15, 0.2) is 0 Å². The number of aldehydes is 2. The van der Waals surface area contributed by atoms with Crippen LogP contribution < -0.4 is 5.32 Å². The molecule has 2 aromatic carbocycles. The SMILES string of the molecule is CC.CC.CC(C)CN(C)CC(C)C.CCn1c(NC)nc2ccc(C=O)cc21.Cc1ccc(C=O)cc1. The van der Waals surface area contributed by atoms with Crippen molar-refractivity contribution in [3.8, 4) is 0 Å². The van der Waals surface area contributed by atoms with Crippen LogP contribution in [0.4, 0.5) is 5.95 Å². The molecule has 0 saturated carbocycles. The van der Waals surface area contributed by atoms with Crippen LogP contribution in [0.5, 0.6) is 0 Å². The first kappa shape index (κ1) is 37.2. The van der Waals surface area contributed by atoms with Crippen LogP contribution in [0.25, 0.3) is 11.0 Å². The molecule has 0 fully saturated rings. The summed E-state index contributed by atoms with van der Waals surface area (Å²) in [5.74, 6) is 2.42. The van der Waals surface area contributed by atoms with Crippen molar-refractivity contribution in [3.63, 3.8) is 0 Å². The molecule has 0 radical (unpaired) electrons. The Bertz CT molecular complexity index is 998. The quantitative estimate of drug-likeness (QED) is 0.301. The van der Waals surface area contributed by atoms with Gasteiger partial charge < -0.3 is 14.8 Å². The fraction of sp³-hybridized carbons (Fsp3) is 0.531. The van der Waals surface area contributed by atoms with Crippen molar-refractivity contribution in [1.82, 2.24) is 14.5 Å². The molecule has 1 heterocycles. The smallest absolute Gasteiger partial charge is 0.203 e. The summed E-state index contributed by atoms with van der Waals surface area (Å²) in [5.41, 5.74) is 4.50. The number of aryl methyl sites for hydroxylation is 2. The zero-order valence-corrected chi connectivity index (χ0v) is 26.1. The standard InChI is InChI=1S/C11H13N3O.C9H21N.C8H8O.2C2H6/c1-3-14-10-6-8(7-15)4-5-9(10)13-11(14)12-2;1-8(2)6-10(5)7-9(3)4;1-7-2-4-8(6-9)5-3-7;2*1-2/h4-7H,3H2,1-2H3,(H,12,13);8-9H,6-7H2,1-5H3;2-6H,1H3;2*1-2H3. The second-order valence-electron chi connectivity index (χ2n) is 9.33. The summed E-state index contributed by atoms with van der Waals surface area (Å²) in [5, 5.41) is 3.04. The van der Waals surface area contributed by atoms with E-state index in [1.807, 2.05) is 82.6 Å². The lowest BCUT2D eigenvalue weighted by molar-refractivity contribution is 0.111. The van der Waals surface area contributed by atoms with Gasteiger partial charge in [0.25, 0.3) is 0 Å². The average molecular weight is 527 g/mol. The Labute approximate surface area is 232 Å². The van der Waals surface area contributed by atoms with Gasteiger partial charge in [-0.2, -0.15) is 0 Å². The van der Waals surface area contributed by atoms with Gasteiger partial charge in [0.05, 0.1) is 11.0 Å². The summed E-state index contributed by atoms with van der Waals surface area (Å²) in [4.78, 5) is 27.6. The van der Waals surface area contributed by atoms with Crippen molar-refractivity contribution in [2.45, 2.75) is 75.8 Å². The summed E-state index contributed by atoms with van der Waals surface area (Å²) in [6.07, 6.45) is 1.70.